The van der Waals surface area contributed by atoms with Crippen LogP contribution in [0.5, 0.6) is 0 Å². The zero-order chi connectivity index (χ0) is 14.7. The number of hydrogen-bond acceptors (Lipinski definition) is 2. The van der Waals surface area contributed by atoms with Crippen LogP contribution in [0.3, 0.4) is 0 Å². The molecule has 0 spiro atoms. The highest BCUT2D eigenvalue weighted by Gasteiger charge is 2.40. The summed E-state index contributed by atoms with van der Waals surface area (Å²) in [5.41, 5.74) is 0.906. The van der Waals surface area contributed by atoms with Crippen molar-refractivity contribution in [1.29, 1.82) is 0 Å². The molecule has 1 aliphatic rings. The molecule has 0 bridgehead atoms. The average molecular weight is 296 g/mol. The zero-order valence-corrected chi connectivity index (χ0v) is 12.1. The highest BCUT2D eigenvalue weighted by Crippen LogP contribution is 2.36. The highest BCUT2D eigenvalue weighted by molar-refractivity contribution is 6.30. The Morgan fingerprint density at radius 1 is 1.35 bits per heavy atom. The molecule has 20 heavy (non-hydrogen) atoms. The lowest BCUT2D eigenvalue weighted by Crippen LogP contribution is -2.34. The second kappa shape index (κ2) is 6.27. The van der Waals surface area contributed by atoms with E-state index in [2.05, 4.69) is 5.32 Å². The number of nitrogens with one attached hydrogen (secondary N) is 1. The Labute approximate surface area is 123 Å². The molecule has 0 radical (unpaired) electrons. The lowest BCUT2D eigenvalue weighted by atomic mass is 9.95. The quantitative estimate of drug-likeness (QED) is 0.897. The van der Waals surface area contributed by atoms with Crippen molar-refractivity contribution < 1.29 is 14.7 Å². The molecule has 0 saturated heterocycles. The van der Waals surface area contributed by atoms with Gasteiger partial charge in [0.25, 0.3) is 0 Å². The van der Waals surface area contributed by atoms with Gasteiger partial charge in [0.2, 0.25) is 5.91 Å². The molecule has 1 saturated carbocycles. The summed E-state index contributed by atoms with van der Waals surface area (Å²) in [6.45, 7) is 2.36. The van der Waals surface area contributed by atoms with Gasteiger partial charge < -0.3 is 10.4 Å². The first-order valence-electron chi connectivity index (χ1n) is 6.72. The van der Waals surface area contributed by atoms with Crippen molar-refractivity contribution in [2.75, 3.05) is 0 Å². The number of amides is 1. The summed E-state index contributed by atoms with van der Waals surface area (Å²) in [5.74, 6) is -1.77. The molecule has 1 aliphatic carbocycles. The summed E-state index contributed by atoms with van der Waals surface area (Å²) < 4.78 is 0. The fourth-order valence-electron chi connectivity index (χ4n) is 2.82. The first-order valence-corrected chi connectivity index (χ1v) is 7.10. The minimum absolute atomic E-state index is 0.179. The topological polar surface area (TPSA) is 66.4 Å². The molecule has 1 fully saturated rings. The van der Waals surface area contributed by atoms with Crippen molar-refractivity contribution in [3.63, 3.8) is 0 Å². The van der Waals surface area contributed by atoms with Gasteiger partial charge in [-0.25, -0.2) is 0 Å². The van der Waals surface area contributed by atoms with Crippen LogP contribution in [-0.4, -0.2) is 17.0 Å². The summed E-state index contributed by atoms with van der Waals surface area (Å²) in [6, 6.07) is 7.25. The molecule has 1 aromatic rings. The average Bonchev–Trinajstić information content (AvgIpc) is 2.78. The van der Waals surface area contributed by atoms with Crippen LogP contribution in [0.2, 0.25) is 5.02 Å². The summed E-state index contributed by atoms with van der Waals surface area (Å²) in [4.78, 5) is 23.3. The maximum Gasteiger partial charge on any atom is 0.307 e. The molecule has 3 atom stereocenters. The van der Waals surface area contributed by atoms with Crippen LogP contribution in [0.4, 0.5) is 0 Å². The number of carbonyl (C=O) groups excluding carboxylic acids is 1. The van der Waals surface area contributed by atoms with E-state index in [0.29, 0.717) is 24.4 Å². The fraction of sp³-hybridized carbons (Fsp3) is 0.467. The number of rotatable bonds is 4. The van der Waals surface area contributed by atoms with Crippen molar-refractivity contribution >= 4 is 23.5 Å². The Kier molecular flexibility index (Phi) is 4.65. The summed E-state index contributed by atoms with van der Waals surface area (Å²) in [5, 5.41) is 12.6. The molecule has 4 nitrogen and oxygen atoms in total. The third kappa shape index (κ3) is 3.51. The molecule has 108 valence electrons. The minimum Gasteiger partial charge on any atom is -0.481 e. The standard InChI is InChI=1S/C15H18ClNO3/c1-9-5-12(13(6-9)15(19)20)14(18)17-8-10-3-2-4-11(16)7-10/h2-4,7,9,12-13H,5-6,8H2,1H3,(H,17,18)(H,19,20)/t9?,12-,13+/m0/s1. The molecule has 2 rings (SSSR count). The second-order valence-electron chi connectivity index (χ2n) is 5.48. The van der Waals surface area contributed by atoms with Crippen molar-refractivity contribution in [3.8, 4) is 0 Å². The van der Waals surface area contributed by atoms with E-state index in [1.54, 1.807) is 12.1 Å². The van der Waals surface area contributed by atoms with Crippen LogP contribution in [0, 0.1) is 17.8 Å². The molecule has 5 heteroatoms. The van der Waals surface area contributed by atoms with Gasteiger partial charge in [-0.1, -0.05) is 30.7 Å². The Bertz CT molecular complexity index is 518. The Balaban J connectivity index is 1.96. The van der Waals surface area contributed by atoms with Gasteiger partial charge in [0.05, 0.1) is 11.8 Å². The molecule has 0 aliphatic heterocycles. The van der Waals surface area contributed by atoms with E-state index in [0.717, 1.165) is 5.56 Å². The third-order valence-electron chi connectivity index (χ3n) is 3.81. The van der Waals surface area contributed by atoms with Gasteiger partial charge in [-0.3, -0.25) is 9.59 Å². The minimum atomic E-state index is -0.878. The predicted molar refractivity (Wildman–Crippen MR) is 76.3 cm³/mol. The molecule has 2 N–H and O–H groups in total. The van der Waals surface area contributed by atoms with E-state index in [1.807, 2.05) is 19.1 Å². The molecular formula is C15H18ClNO3. The maximum atomic E-state index is 12.2. The van der Waals surface area contributed by atoms with Crippen LogP contribution in [0.15, 0.2) is 24.3 Å². The van der Waals surface area contributed by atoms with Gasteiger partial charge in [-0.15, -0.1) is 0 Å². The van der Waals surface area contributed by atoms with Crippen molar-refractivity contribution in [3.05, 3.63) is 34.9 Å². The van der Waals surface area contributed by atoms with Crippen LogP contribution >= 0.6 is 11.6 Å². The summed E-state index contributed by atoms with van der Waals surface area (Å²) in [6.07, 6.45) is 1.21. The van der Waals surface area contributed by atoms with Gasteiger partial charge in [0.15, 0.2) is 0 Å². The van der Waals surface area contributed by atoms with Crippen molar-refractivity contribution in [2.24, 2.45) is 17.8 Å². The molecule has 1 amide bonds. The lowest BCUT2D eigenvalue weighted by Gasteiger charge is -2.15. The zero-order valence-electron chi connectivity index (χ0n) is 11.3. The van der Waals surface area contributed by atoms with Crippen LogP contribution in [0.1, 0.15) is 25.3 Å². The van der Waals surface area contributed by atoms with Crippen molar-refractivity contribution in [2.45, 2.75) is 26.3 Å². The molecule has 0 aromatic heterocycles. The number of benzene rings is 1. The smallest absolute Gasteiger partial charge is 0.307 e. The summed E-state index contributed by atoms with van der Waals surface area (Å²) in [7, 11) is 0. The Morgan fingerprint density at radius 3 is 2.70 bits per heavy atom. The number of hydrogen-bond donors (Lipinski definition) is 2. The van der Waals surface area contributed by atoms with Gasteiger partial charge in [0, 0.05) is 11.6 Å². The number of carboxylic acid groups (broad SMARTS) is 1. The fourth-order valence-corrected chi connectivity index (χ4v) is 3.03. The number of aliphatic carboxylic acids is 1. The number of carbonyl (C=O) groups is 2. The normalized spacial score (nSPS) is 25.4. The van der Waals surface area contributed by atoms with Crippen LogP contribution < -0.4 is 5.32 Å². The second-order valence-corrected chi connectivity index (χ2v) is 5.91. The van der Waals surface area contributed by atoms with Crippen LogP contribution in [0.25, 0.3) is 0 Å². The largest absolute Gasteiger partial charge is 0.481 e. The number of carboxylic acids is 1. The Hall–Kier alpha value is -1.55. The van der Waals surface area contributed by atoms with E-state index >= 15 is 0 Å². The monoisotopic (exact) mass is 295 g/mol. The number of halogens is 1. The lowest BCUT2D eigenvalue weighted by molar-refractivity contribution is -0.146. The van der Waals surface area contributed by atoms with E-state index in [4.69, 9.17) is 11.6 Å². The van der Waals surface area contributed by atoms with Gasteiger partial charge in [-0.2, -0.15) is 0 Å². The predicted octanol–water partition coefficient (Wildman–Crippen LogP) is 2.70. The Morgan fingerprint density at radius 2 is 2.05 bits per heavy atom. The van der Waals surface area contributed by atoms with E-state index < -0.39 is 17.8 Å². The van der Waals surface area contributed by atoms with Gasteiger partial charge in [-0.05, 0) is 36.5 Å². The first kappa shape index (κ1) is 14.9. The van der Waals surface area contributed by atoms with E-state index in [9.17, 15) is 14.7 Å². The molecular weight excluding hydrogens is 278 g/mol. The van der Waals surface area contributed by atoms with Gasteiger partial charge in [0.1, 0.15) is 0 Å². The highest BCUT2D eigenvalue weighted by atomic mass is 35.5. The molecule has 1 aromatic carbocycles. The third-order valence-corrected chi connectivity index (χ3v) is 4.04. The maximum absolute atomic E-state index is 12.2. The van der Waals surface area contributed by atoms with Crippen molar-refractivity contribution in [1.82, 2.24) is 5.32 Å². The first-order chi connectivity index (χ1) is 9.47. The molecule has 1 unspecified atom stereocenters. The van der Waals surface area contributed by atoms with Crippen LogP contribution in [-0.2, 0) is 16.1 Å². The summed E-state index contributed by atoms with van der Waals surface area (Å²) >= 11 is 5.88. The SMILES string of the molecule is CC1C[C@H](C(=O)NCc2cccc(Cl)c2)[C@H](C(=O)O)C1. The van der Waals surface area contributed by atoms with Gasteiger partial charge >= 0.3 is 5.97 Å². The van der Waals surface area contributed by atoms with E-state index in [-0.39, 0.29) is 11.8 Å². The molecule has 0 heterocycles. The van der Waals surface area contributed by atoms with E-state index in [1.165, 1.54) is 0 Å².